The second-order valence-corrected chi connectivity index (χ2v) is 7.17. The number of halogens is 5. The molecule has 130 valence electrons. The van der Waals surface area contributed by atoms with Crippen LogP contribution in [0.15, 0.2) is 22.7 Å². The van der Waals surface area contributed by atoms with Crippen LogP contribution in [0, 0.1) is 5.92 Å². The SMILES string of the molecule is Cl.FC(F)(F)c1cc(Br)cc([C@@H](CC2CC2)N2CCNCC2)c1. The van der Waals surface area contributed by atoms with Gasteiger partial charge in [0.25, 0.3) is 0 Å². The molecule has 1 N–H and O–H groups in total. The van der Waals surface area contributed by atoms with Gasteiger partial charge in [-0.25, -0.2) is 0 Å². The summed E-state index contributed by atoms with van der Waals surface area (Å²) in [7, 11) is 0. The molecule has 0 aromatic heterocycles. The quantitative estimate of drug-likeness (QED) is 0.774. The Kier molecular flexibility index (Phi) is 6.39. The van der Waals surface area contributed by atoms with Gasteiger partial charge < -0.3 is 5.32 Å². The molecule has 0 spiro atoms. The zero-order valence-electron chi connectivity index (χ0n) is 12.7. The smallest absolute Gasteiger partial charge is 0.314 e. The molecule has 0 unspecified atom stereocenters. The highest BCUT2D eigenvalue weighted by Crippen LogP contribution is 2.42. The summed E-state index contributed by atoms with van der Waals surface area (Å²) in [5.41, 5.74) is 0.225. The summed E-state index contributed by atoms with van der Waals surface area (Å²) < 4.78 is 39.8. The summed E-state index contributed by atoms with van der Waals surface area (Å²) in [6.07, 6.45) is -0.911. The fourth-order valence-electron chi connectivity index (χ4n) is 3.13. The molecule has 1 atom stereocenters. The van der Waals surface area contributed by atoms with Crippen LogP contribution >= 0.6 is 28.3 Å². The number of benzene rings is 1. The minimum Gasteiger partial charge on any atom is -0.314 e. The maximum atomic E-state index is 13.1. The molecular weight excluding hydrogens is 393 g/mol. The molecule has 1 aromatic rings. The molecule has 2 aliphatic rings. The van der Waals surface area contributed by atoms with E-state index in [1.807, 2.05) is 6.07 Å². The van der Waals surface area contributed by atoms with Gasteiger partial charge >= 0.3 is 6.18 Å². The van der Waals surface area contributed by atoms with Crippen LogP contribution in [0.2, 0.25) is 0 Å². The first-order valence-corrected chi connectivity index (χ1v) is 8.55. The Morgan fingerprint density at radius 3 is 2.39 bits per heavy atom. The summed E-state index contributed by atoms with van der Waals surface area (Å²) in [5, 5.41) is 3.31. The highest BCUT2D eigenvalue weighted by Gasteiger charge is 2.34. The van der Waals surface area contributed by atoms with Gasteiger partial charge in [0.05, 0.1) is 5.56 Å². The van der Waals surface area contributed by atoms with E-state index in [-0.39, 0.29) is 18.4 Å². The Hall–Kier alpha value is -0.300. The summed E-state index contributed by atoms with van der Waals surface area (Å²) >= 11 is 3.25. The monoisotopic (exact) mass is 412 g/mol. The Balaban J connectivity index is 0.00000192. The van der Waals surface area contributed by atoms with E-state index in [0.29, 0.717) is 10.4 Å². The summed E-state index contributed by atoms with van der Waals surface area (Å²) in [6.45, 7) is 3.60. The van der Waals surface area contributed by atoms with Crippen LogP contribution < -0.4 is 5.32 Å². The lowest BCUT2D eigenvalue weighted by Crippen LogP contribution is -2.45. The zero-order chi connectivity index (χ0) is 15.7. The second kappa shape index (κ2) is 7.72. The molecule has 1 saturated heterocycles. The van der Waals surface area contributed by atoms with Crippen molar-refractivity contribution in [1.29, 1.82) is 0 Å². The molecule has 0 radical (unpaired) electrons. The largest absolute Gasteiger partial charge is 0.416 e. The van der Waals surface area contributed by atoms with Gasteiger partial charge in [0.2, 0.25) is 0 Å². The number of nitrogens with zero attached hydrogens (tertiary/aromatic N) is 1. The third-order valence-corrected chi connectivity index (χ3v) is 4.94. The van der Waals surface area contributed by atoms with E-state index < -0.39 is 11.7 Å². The molecule has 0 amide bonds. The molecule has 2 fully saturated rings. The van der Waals surface area contributed by atoms with Crippen molar-refractivity contribution in [2.45, 2.75) is 31.5 Å². The number of hydrogen-bond acceptors (Lipinski definition) is 2. The van der Waals surface area contributed by atoms with Gasteiger partial charge in [0, 0.05) is 36.7 Å². The lowest BCUT2D eigenvalue weighted by atomic mass is 9.97. The number of hydrogen-bond donors (Lipinski definition) is 1. The summed E-state index contributed by atoms with van der Waals surface area (Å²) in [4.78, 5) is 2.33. The number of piperazine rings is 1. The van der Waals surface area contributed by atoms with Crippen molar-refractivity contribution >= 4 is 28.3 Å². The standard InChI is InChI=1S/C16H20BrF3N2.ClH/c17-14-9-12(8-13(10-14)16(18,19)20)15(7-11-1-2-11)22-5-3-21-4-6-22;/h8-11,15,21H,1-7H2;1H/t15-;/m1./s1. The van der Waals surface area contributed by atoms with Gasteiger partial charge in [-0.1, -0.05) is 28.8 Å². The number of rotatable bonds is 4. The molecular formula is C16H21BrClF3N2. The highest BCUT2D eigenvalue weighted by molar-refractivity contribution is 9.10. The fraction of sp³-hybridized carbons (Fsp3) is 0.625. The highest BCUT2D eigenvalue weighted by atomic mass is 79.9. The average Bonchev–Trinajstić information content (AvgIpc) is 3.28. The molecule has 1 saturated carbocycles. The van der Waals surface area contributed by atoms with Gasteiger partial charge in [0.15, 0.2) is 0 Å². The van der Waals surface area contributed by atoms with Crippen LogP contribution in [-0.2, 0) is 6.18 Å². The van der Waals surface area contributed by atoms with Gasteiger partial charge in [-0.2, -0.15) is 13.2 Å². The van der Waals surface area contributed by atoms with Crippen molar-refractivity contribution in [3.05, 3.63) is 33.8 Å². The molecule has 7 heteroatoms. The molecule has 3 rings (SSSR count). The van der Waals surface area contributed by atoms with Gasteiger partial charge in [-0.3, -0.25) is 4.90 Å². The molecule has 1 aromatic carbocycles. The first-order chi connectivity index (χ1) is 10.4. The van der Waals surface area contributed by atoms with Crippen molar-refractivity contribution in [3.63, 3.8) is 0 Å². The first-order valence-electron chi connectivity index (χ1n) is 7.76. The molecule has 23 heavy (non-hydrogen) atoms. The van der Waals surface area contributed by atoms with Crippen molar-refractivity contribution in [1.82, 2.24) is 10.2 Å². The van der Waals surface area contributed by atoms with Crippen LogP contribution in [0.5, 0.6) is 0 Å². The topological polar surface area (TPSA) is 15.3 Å². The van der Waals surface area contributed by atoms with Crippen molar-refractivity contribution in [3.8, 4) is 0 Å². The molecule has 0 bridgehead atoms. The third-order valence-electron chi connectivity index (χ3n) is 4.48. The van der Waals surface area contributed by atoms with E-state index in [4.69, 9.17) is 0 Å². The third kappa shape index (κ3) is 5.08. The van der Waals surface area contributed by atoms with E-state index in [0.717, 1.165) is 44.2 Å². The van der Waals surface area contributed by atoms with Gasteiger partial charge in [-0.05, 0) is 36.1 Å². The lowest BCUT2D eigenvalue weighted by molar-refractivity contribution is -0.137. The number of nitrogens with one attached hydrogen (secondary N) is 1. The van der Waals surface area contributed by atoms with Gasteiger partial charge in [-0.15, -0.1) is 12.4 Å². The minimum absolute atomic E-state index is 0. The van der Waals surface area contributed by atoms with E-state index in [1.165, 1.54) is 18.9 Å². The molecule has 1 heterocycles. The maximum Gasteiger partial charge on any atom is 0.416 e. The van der Waals surface area contributed by atoms with E-state index >= 15 is 0 Å². The van der Waals surface area contributed by atoms with Crippen LogP contribution in [0.1, 0.15) is 36.4 Å². The van der Waals surface area contributed by atoms with Crippen molar-refractivity contribution < 1.29 is 13.2 Å². The zero-order valence-corrected chi connectivity index (χ0v) is 15.1. The normalized spacial score (nSPS) is 20.9. The predicted molar refractivity (Wildman–Crippen MR) is 90.9 cm³/mol. The Morgan fingerprint density at radius 1 is 1.17 bits per heavy atom. The first kappa shape index (κ1) is 19.0. The van der Waals surface area contributed by atoms with Crippen LogP contribution in [-0.4, -0.2) is 31.1 Å². The summed E-state index contributed by atoms with van der Waals surface area (Å²) in [5.74, 6) is 0.674. The second-order valence-electron chi connectivity index (χ2n) is 6.25. The minimum atomic E-state index is -4.30. The van der Waals surface area contributed by atoms with Crippen molar-refractivity contribution in [2.75, 3.05) is 26.2 Å². The van der Waals surface area contributed by atoms with Crippen molar-refractivity contribution in [2.24, 2.45) is 5.92 Å². The fourth-order valence-corrected chi connectivity index (χ4v) is 3.64. The lowest BCUT2D eigenvalue weighted by Gasteiger charge is -2.35. The average molecular weight is 414 g/mol. The Bertz CT molecular complexity index is 529. The van der Waals surface area contributed by atoms with Crippen LogP contribution in [0.4, 0.5) is 13.2 Å². The molecule has 1 aliphatic heterocycles. The molecule has 1 aliphatic carbocycles. The van der Waals surface area contributed by atoms with E-state index in [1.54, 1.807) is 0 Å². The van der Waals surface area contributed by atoms with Crippen LogP contribution in [0.3, 0.4) is 0 Å². The summed E-state index contributed by atoms with van der Waals surface area (Å²) in [6, 6.07) is 4.44. The predicted octanol–water partition coefficient (Wildman–Crippen LogP) is 4.64. The molecule has 2 nitrogen and oxygen atoms in total. The van der Waals surface area contributed by atoms with Crippen LogP contribution in [0.25, 0.3) is 0 Å². The van der Waals surface area contributed by atoms with E-state index in [2.05, 4.69) is 26.1 Å². The Labute approximate surface area is 149 Å². The van der Waals surface area contributed by atoms with E-state index in [9.17, 15) is 13.2 Å². The Morgan fingerprint density at radius 2 is 1.83 bits per heavy atom. The van der Waals surface area contributed by atoms with Gasteiger partial charge in [0.1, 0.15) is 0 Å². The maximum absolute atomic E-state index is 13.1. The number of alkyl halides is 3.